The van der Waals surface area contributed by atoms with Gasteiger partial charge >= 0.3 is 0 Å². The predicted molar refractivity (Wildman–Crippen MR) is 129 cm³/mol. The number of hydrogen-bond acceptors (Lipinski definition) is 7. The standard InChI is InChI=1S/C24H23FN6O2S/c1-2-20(32)30-8-4-6-17(11-30)31-24-21(23(26)27-14-28-24)22(29-31)15-9-19(34-13-15)12-33-18-7-3-5-16(25)10-18/h2-3,5,7,9-10,13-14,17H,1,4,6,8,11-12H2,(H2,26,27,28)/t17-/m1/s1. The molecule has 0 aliphatic carbocycles. The van der Waals surface area contributed by atoms with Gasteiger partial charge in [-0.15, -0.1) is 11.3 Å². The normalized spacial score (nSPS) is 16.0. The van der Waals surface area contributed by atoms with Crippen molar-refractivity contribution in [3.8, 4) is 17.0 Å². The van der Waals surface area contributed by atoms with E-state index in [0.717, 1.165) is 23.3 Å². The largest absolute Gasteiger partial charge is 0.488 e. The summed E-state index contributed by atoms with van der Waals surface area (Å²) in [5, 5.41) is 7.56. The van der Waals surface area contributed by atoms with Crippen LogP contribution < -0.4 is 10.5 Å². The number of carbonyl (C=O) groups excluding carboxylic acids is 1. The van der Waals surface area contributed by atoms with E-state index in [9.17, 15) is 9.18 Å². The average Bonchev–Trinajstić information content (AvgIpc) is 3.48. The molecule has 0 unspecified atom stereocenters. The number of likely N-dealkylation sites (tertiary alicyclic amines) is 1. The summed E-state index contributed by atoms with van der Waals surface area (Å²) in [7, 11) is 0. The number of rotatable bonds is 6. The van der Waals surface area contributed by atoms with Gasteiger partial charge in [-0.05, 0) is 37.1 Å². The molecule has 1 amide bonds. The summed E-state index contributed by atoms with van der Waals surface area (Å²) in [6.45, 7) is 5.13. The molecule has 10 heteroatoms. The van der Waals surface area contributed by atoms with Gasteiger partial charge in [-0.3, -0.25) is 4.79 Å². The van der Waals surface area contributed by atoms with E-state index in [4.69, 9.17) is 15.6 Å². The number of nitrogen functional groups attached to an aromatic ring is 1. The maximum absolute atomic E-state index is 13.4. The number of aromatic nitrogens is 4. The fraction of sp³-hybridized carbons (Fsp3) is 0.250. The van der Waals surface area contributed by atoms with Crippen LogP contribution in [-0.2, 0) is 11.4 Å². The first-order valence-corrected chi connectivity index (χ1v) is 11.8. The predicted octanol–water partition coefficient (Wildman–Crippen LogP) is 4.20. The Morgan fingerprint density at radius 2 is 2.24 bits per heavy atom. The number of nitrogens with two attached hydrogens (primary N) is 1. The molecule has 5 rings (SSSR count). The zero-order valence-electron chi connectivity index (χ0n) is 18.4. The van der Waals surface area contributed by atoms with Gasteiger partial charge < -0.3 is 15.4 Å². The van der Waals surface area contributed by atoms with Gasteiger partial charge in [0.05, 0.1) is 11.4 Å². The van der Waals surface area contributed by atoms with Crippen molar-refractivity contribution in [2.24, 2.45) is 0 Å². The Labute approximate surface area is 199 Å². The van der Waals surface area contributed by atoms with Crippen LogP contribution >= 0.6 is 11.3 Å². The second-order valence-corrected chi connectivity index (χ2v) is 9.08. The summed E-state index contributed by atoms with van der Waals surface area (Å²) in [6, 6.07) is 8.01. The second kappa shape index (κ2) is 9.22. The quantitative estimate of drug-likeness (QED) is 0.417. The van der Waals surface area contributed by atoms with E-state index < -0.39 is 0 Å². The van der Waals surface area contributed by atoms with E-state index in [0.29, 0.717) is 48.0 Å². The van der Waals surface area contributed by atoms with Crippen LogP contribution in [-0.4, -0.2) is 43.6 Å². The number of carbonyl (C=O) groups is 1. The van der Waals surface area contributed by atoms with Gasteiger partial charge in [-0.1, -0.05) is 12.6 Å². The van der Waals surface area contributed by atoms with Crippen molar-refractivity contribution in [1.82, 2.24) is 24.6 Å². The Balaban J connectivity index is 1.45. The first-order chi connectivity index (χ1) is 16.5. The third kappa shape index (κ3) is 4.24. The smallest absolute Gasteiger partial charge is 0.246 e. The lowest BCUT2D eigenvalue weighted by molar-refractivity contribution is -0.127. The van der Waals surface area contributed by atoms with Gasteiger partial charge in [0.2, 0.25) is 5.91 Å². The van der Waals surface area contributed by atoms with Crippen molar-refractivity contribution in [1.29, 1.82) is 0 Å². The van der Waals surface area contributed by atoms with E-state index in [1.807, 2.05) is 16.1 Å². The van der Waals surface area contributed by atoms with E-state index >= 15 is 0 Å². The summed E-state index contributed by atoms with van der Waals surface area (Å²) in [6.07, 6.45) is 4.51. The van der Waals surface area contributed by atoms with Crippen LogP contribution in [0.25, 0.3) is 22.3 Å². The number of anilines is 1. The highest BCUT2D eigenvalue weighted by molar-refractivity contribution is 7.10. The molecule has 0 spiro atoms. The number of fused-ring (bicyclic) bond motifs is 1. The van der Waals surface area contributed by atoms with Crippen LogP contribution in [0.2, 0.25) is 0 Å². The lowest BCUT2D eigenvalue weighted by Crippen LogP contribution is -2.40. The van der Waals surface area contributed by atoms with Crippen LogP contribution in [0.3, 0.4) is 0 Å². The monoisotopic (exact) mass is 478 g/mol. The molecule has 8 nitrogen and oxygen atoms in total. The van der Waals surface area contributed by atoms with Crippen LogP contribution in [0.1, 0.15) is 23.8 Å². The SMILES string of the molecule is C=CC(=O)N1CCC[C@@H](n2nc(-c3csc(COc4cccc(F)c4)c3)c3c(N)ncnc32)C1. The number of thiophene rings is 1. The molecule has 34 heavy (non-hydrogen) atoms. The highest BCUT2D eigenvalue weighted by Crippen LogP contribution is 2.35. The maximum atomic E-state index is 13.4. The molecule has 2 N–H and O–H groups in total. The summed E-state index contributed by atoms with van der Waals surface area (Å²) in [4.78, 5) is 23.6. The number of amides is 1. The highest BCUT2D eigenvalue weighted by atomic mass is 32.1. The van der Waals surface area contributed by atoms with Gasteiger partial charge in [0, 0.05) is 35.0 Å². The minimum absolute atomic E-state index is 0.0300. The van der Waals surface area contributed by atoms with Gasteiger partial charge in [0.15, 0.2) is 5.65 Å². The zero-order valence-corrected chi connectivity index (χ0v) is 19.2. The van der Waals surface area contributed by atoms with E-state index in [-0.39, 0.29) is 17.8 Å². The summed E-state index contributed by atoms with van der Waals surface area (Å²) in [5.74, 6) is 0.396. The third-order valence-corrected chi connectivity index (χ3v) is 6.76. The molecule has 1 fully saturated rings. The van der Waals surface area contributed by atoms with Gasteiger partial charge in [-0.25, -0.2) is 19.0 Å². The summed E-state index contributed by atoms with van der Waals surface area (Å²) in [5.41, 5.74) is 8.46. The van der Waals surface area contributed by atoms with Crippen molar-refractivity contribution < 1.29 is 13.9 Å². The van der Waals surface area contributed by atoms with Crippen molar-refractivity contribution >= 4 is 34.1 Å². The van der Waals surface area contributed by atoms with Crippen LogP contribution in [0.5, 0.6) is 5.75 Å². The molecule has 1 aliphatic rings. The molecule has 0 saturated carbocycles. The first kappa shape index (κ1) is 22.0. The Morgan fingerprint density at radius 3 is 3.06 bits per heavy atom. The molecule has 1 atom stereocenters. The molecule has 1 aromatic carbocycles. The Hall–Kier alpha value is -3.79. The van der Waals surface area contributed by atoms with Crippen molar-refractivity contribution in [2.75, 3.05) is 18.8 Å². The minimum atomic E-state index is -0.340. The lowest BCUT2D eigenvalue weighted by Gasteiger charge is -2.32. The molecule has 4 heterocycles. The highest BCUT2D eigenvalue weighted by Gasteiger charge is 2.28. The fourth-order valence-corrected chi connectivity index (χ4v) is 5.01. The van der Waals surface area contributed by atoms with Gasteiger partial charge in [0.1, 0.15) is 36.0 Å². The molecule has 0 radical (unpaired) electrons. The van der Waals surface area contributed by atoms with E-state index in [2.05, 4.69) is 16.5 Å². The molecular weight excluding hydrogens is 455 g/mol. The number of hydrogen-bond donors (Lipinski definition) is 1. The van der Waals surface area contributed by atoms with Gasteiger partial charge in [-0.2, -0.15) is 5.10 Å². The minimum Gasteiger partial charge on any atom is -0.488 e. The number of piperidine rings is 1. The molecule has 4 aromatic rings. The zero-order chi connectivity index (χ0) is 23.7. The van der Waals surface area contributed by atoms with Crippen molar-refractivity contribution in [3.63, 3.8) is 0 Å². The van der Waals surface area contributed by atoms with Gasteiger partial charge in [0.25, 0.3) is 0 Å². The van der Waals surface area contributed by atoms with Crippen molar-refractivity contribution in [2.45, 2.75) is 25.5 Å². The number of ether oxygens (including phenoxy) is 1. The van der Waals surface area contributed by atoms with Crippen LogP contribution in [0.15, 0.2) is 54.7 Å². The van der Waals surface area contributed by atoms with Crippen LogP contribution in [0.4, 0.5) is 10.2 Å². The molecule has 1 saturated heterocycles. The fourth-order valence-electron chi connectivity index (χ4n) is 4.23. The molecule has 0 bridgehead atoms. The second-order valence-electron chi connectivity index (χ2n) is 8.08. The molecule has 1 aliphatic heterocycles. The Kier molecular flexibility index (Phi) is 5.97. The maximum Gasteiger partial charge on any atom is 0.246 e. The molecule has 3 aromatic heterocycles. The third-order valence-electron chi connectivity index (χ3n) is 5.85. The summed E-state index contributed by atoms with van der Waals surface area (Å²) < 4.78 is 21.0. The van der Waals surface area contributed by atoms with E-state index in [1.54, 1.807) is 17.0 Å². The first-order valence-electron chi connectivity index (χ1n) is 10.9. The number of benzene rings is 1. The number of nitrogens with zero attached hydrogens (tertiary/aromatic N) is 5. The molecule has 174 valence electrons. The summed E-state index contributed by atoms with van der Waals surface area (Å²) >= 11 is 1.52. The Morgan fingerprint density at radius 1 is 1.35 bits per heavy atom. The topological polar surface area (TPSA) is 99.2 Å². The van der Waals surface area contributed by atoms with Crippen molar-refractivity contribution in [3.05, 3.63) is 65.4 Å². The Bertz CT molecular complexity index is 1370. The molecular formula is C24H23FN6O2S. The lowest BCUT2D eigenvalue weighted by atomic mass is 10.1. The number of halogens is 1. The van der Waals surface area contributed by atoms with Crippen LogP contribution in [0, 0.1) is 5.82 Å². The van der Waals surface area contributed by atoms with E-state index in [1.165, 1.54) is 35.9 Å². The average molecular weight is 479 g/mol.